The zero-order valence-corrected chi connectivity index (χ0v) is 22.4. The van der Waals surface area contributed by atoms with Gasteiger partial charge in [0.05, 0.1) is 24.8 Å². The van der Waals surface area contributed by atoms with Gasteiger partial charge in [0.25, 0.3) is 10.0 Å². The van der Waals surface area contributed by atoms with Gasteiger partial charge in [-0.05, 0) is 54.5 Å². The number of ether oxygens (including phenoxy) is 2. The van der Waals surface area contributed by atoms with Gasteiger partial charge in [0.1, 0.15) is 18.0 Å². The summed E-state index contributed by atoms with van der Waals surface area (Å²) in [5, 5.41) is 2.85. The Labute approximate surface area is 217 Å². The number of aryl methyl sites for hydroxylation is 1. The molecule has 0 atom stereocenters. The van der Waals surface area contributed by atoms with Crippen molar-refractivity contribution in [2.45, 2.75) is 24.0 Å². The number of rotatable bonds is 13. The van der Waals surface area contributed by atoms with Crippen molar-refractivity contribution in [2.75, 3.05) is 37.4 Å². The number of amides is 1. The zero-order chi connectivity index (χ0) is 26.0. The molecule has 0 heterocycles. The van der Waals surface area contributed by atoms with Gasteiger partial charge >= 0.3 is 0 Å². The Kier molecular flexibility index (Phi) is 10.1. The molecule has 0 aliphatic rings. The Morgan fingerprint density at radius 2 is 1.69 bits per heavy atom. The van der Waals surface area contributed by atoms with Crippen LogP contribution in [0.5, 0.6) is 11.5 Å². The summed E-state index contributed by atoms with van der Waals surface area (Å²) in [7, 11) is -1.10. The minimum atomic E-state index is -4.05. The molecule has 0 saturated carbocycles. The van der Waals surface area contributed by atoms with Crippen LogP contribution in [0.2, 0.25) is 0 Å². The number of carbonyl (C=O) groups is 1. The van der Waals surface area contributed by atoms with E-state index in [0.29, 0.717) is 18.0 Å². The minimum absolute atomic E-state index is 0.0790. The Bertz CT molecular complexity index is 1250. The van der Waals surface area contributed by atoms with Crippen molar-refractivity contribution in [1.82, 2.24) is 5.32 Å². The monoisotopic (exact) mass is 528 g/mol. The maximum atomic E-state index is 13.6. The first-order chi connectivity index (χ1) is 17.4. The standard InChI is InChI=1S/C27H32N2O5S2/c1-21-10-7-8-11-22(21)20-35-17-9-16-28-27(30)19-29(36(31,32)24-12-5-4-6-13-24)25-18-23(33-2)14-15-26(25)34-3/h4-8,10-15,18H,9,16-17,19-20H2,1-3H3,(H,28,30). The third-order valence-corrected chi connectivity index (χ3v) is 8.45. The normalized spacial score (nSPS) is 11.1. The molecule has 36 heavy (non-hydrogen) atoms. The number of sulfonamides is 1. The van der Waals surface area contributed by atoms with E-state index < -0.39 is 22.5 Å². The van der Waals surface area contributed by atoms with E-state index in [-0.39, 0.29) is 10.6 Å². The molecule has 9 heteroatoms. The topological polar surface area (TPSA) is 84.9 Å². The fraction of sp³-hybridized carbons (Fsp3) is 0.296. The third-order valence-electron chi connectivity index (χ3n) is 5.58. The highest BCUT2D eigenvalue weighted by Crippen LogP contribution is 2.35. The van der Waals surface area contributed by atoms with E-state index in [9.17, 15) is 13.2 Å². The lowest BCUT2D eigenvalue weighted by Crippen LogP contribution is -2.41. The summed E-state index contributed by atoms with van der Waals surface area (Å²) in [5.41, 5.74) is 2.80. The molecule has 3 rings (SSSR count). The highest BCUT2D eigenvalue weighted by Gasteiger charge is 2.29. The number of carbonyl (C=O) groups excluding carboxylic acids is 1. The van der Waals surface area contributed by atoms with Crippen LogP contribution in [0.1, 0.15) is 17.5 Å². The molecule has 3 aromatic carbocycles. The van der Waals surface area contributed by atoms with Crippen LogP contribution in [-0.4, -0.2) is 47.4 Å². The van der Waals surface area contributed by atoms with Gasteiger partial charge in [0.2, 0.25) is 5.91 Å². The molecule has 0 aromatic heterocycles. The van der Waals surface area contributed by atoms with Crippen LogP contribution in [-0.2, 0) is 20.6 Å². The van der Waals surface area contributed by atoms with E-state index in [1.165, 1.54) is 37.5 Å². The zero-order valence-electron chi connectivity index (χ0n) is 20.8. The van der Waals surface area contributed by atoms with Crippen LogP contribution in [0.3, 0.4) is 0 Å². The summed E-state index contributed by atoms with van der Waals surface area (Å²) in [6.07, 6.45) is 0.774. The molecule has 1 amide bonds. The highest BCUT2D eigenvalue weighted by atomic mass is 32.2. The van der Waals surface area contributed by atoms with E-state index in [4.69, 9.17) is 9.47 Å². The quantitative estimate of drug-likeness (QED) is 0.325. The van der Waals surface area contributed by atoms with Crippen LogP contribution >= 0.6 is 11.8 Å². The molecular weight excluding hydrogens is 496 g/mol. The van der Waals surface area contributed by atoms with Crippen molar-refractivity contribution < 1.29 is 22.7 Å². The first kappa shape index (κ1) is 27.4. The molecule has 7 nitrogen and oxygen atoms in total. The smallest absolute Gasteiger partial charge is 0.264 e. The summed E-state index contributed by atoms with van der Waals surface area (Å²) in [4.78, 5) is 12.9. The number of anilines is 1. The number of nitrogens with one attached hydrogen (secondary N) is 1. The predicted molar refractivity (Wildman–Crippen MR) is 145 cm³/mol. The molecule has 0 bridgehead atoms. The number of thioether (sulfide) groups is 1. The lowest BCUT2D eigenvalue weighted by Gasteiger charge is -2.26. The second kappa shape index (κ2) is 13.2. The van der Waals surface area contributed by atoms with E-state index in [1.54, 1.807) is 48.2 Å². The molecule has 0 aliphatic heterocycles. The number of hydrogen-bond acceptors (Lipinski definition) is 6. The molecule has 0 saturated heterocycles. The van der Waals surface area contributed by atoms with Crippen molar-refractivity contribution in [3.05, 3.63) is 83.9 Å². The largest absolute Gasteiger partial charge is 0.497 e. The summed E-state index contributed by atoms with van der Waals surface area (Å²) in [5.74, 6) is 2.16. The van der Waals surface area contributed by atoms with Crippen molar-refractivity contribution in [3.63, 3.8) is 0 Å². The number of benzene rings is 3. The van der Waals surface area contributed by atoms with Gasteiger partial charge < -0.3 is 14.8 Å². The Hall–Kier alpha value is -3.17. The van der Waals surface area contributed by atoms with Crippen LogP contribution in [0, 0.1) is 6.92 Å². The van der Waals surface area contributed by atoms with Crippen LogP contribution in [0.15, 0.2) is 77.7 Å². The van der Waals surface area contributed by atoms with E-state index in [1.807, 2.05) is 12.1 Å². The second-order valence-corrected chi connectivity index (χ2v) is 11.0. The van der Waals surface area contributed by atoms with Gasteiger partial charge in [0.15, 0.2) is 0 Å². The Morgan fingerprint density at radius 1 is 0.972 bits per heavy atom. The van der Waals surface area contributed by atoms with Crippen molar-refractivity contribution in [3.8, 4) is 11.5 Å². The maximum Gasteiger partial charge on any atom is 0.264 e. The van der Waals surface area contributed by atoms with Crippen molar-refractivity contribution >= 4 is 33.4 Å². The van der Waals surface area contributed by atoms with Gasteiger partial charge in [-0.2, -0.15) is 11.8 Å². The molecule has 1 N–H and O–H groups in total. The summed E-state index contributed by atoms with van der Waals surface area (Å²) in [6.45, 7) is 2.16. The van der Waals surface area contributed by atoms with Gasteiger partial charge in [-0.1, -0.05) is 42.5 Å². The summed E-state index contributed by atoms with van der Waals surface area (Å²) >= 11 is 1.81. The Morgan fingerprint density at radius 3 is 2.39 bits per heavy atom. The molecule has 0 spiro atoms. The fourth-order valence-corrected chi connectivity index (χ4v) is 6.03. The SMILES string of the molecule is COc1ccc(OC)c(N(CC(=O)NCCCSCc2ccccc2C)S(=O)(=O)c2ccccc2)c1. The number of hydrogen-bond donors (Lipinski definition) is 1. The molecule has 0 aliphatic carbocycles. The van der Waals surface area contributed by atoms with Crippen LogP contribution < -0.4 is 19.1 Å². The Balaban J connectivity index is 1.68. The van der Waals surface area contributed by atoms with Gasteiger partial charge in [-0.15, -0.1) is 0 Å². The van der Waals surface area contributed by atoms with E-state index in [2.05, 4.69) is 24.4 Å². The van der Waals surface area contributed by atoms with E-state index in [0.717, 1.165) is 22.2 Å². The van der Waals surface area contributed by atoms with Gasteiger partial charge in [-0.3, -0.25) is 9.10 Å². The molecule has 0 unspecified atom stereocenters. The molecule has 3 aromatic rings. The van der Waals surface area contributed by atoms with Crippen LogP contribution in [0.4, 0.5) is 5.69 Å². The summed E-state index contributed by atoms with van der Waals surface area (Å²) < 4.78 is 38.9. The molecule has 0 radical (unpaired) electrons. The second-order valence-electron chi connectivity index (χ2n) is 8.05. The average molecular weight is 529 g/mol. The minimum Gasteiger partial charge on any atom is -0.497 e. The van der Waals surface area contributed by atoms with Crippen molar-refractivity contribution in [2.24, 2.45) is 0 Å². The van der Waals surface area contributed by atoms with E-state index >= 15 is 0 Å². The lowest BCUT2D eigenvalue weighted by molar-refractivity contribution is -0.119. The third kappa shape index (κ3) is 7.18. The average Bonchev–Trinajstić information content (AvgIpc) is 2.90. The summed E-state index contributed by atoms with van der Waals surface area (Å²) in [6, 6.07) is 21.1. The maximum absolute atomic E-state index is 13.6. The molecule has 192 valence electrons. The fourth-order valence-electron chi connectivity index (χ4n) is 3.55. The number of nitrogens with zero attached hydrogens (tertiary/aromatic N) is 1. The first-order valence-electron chi connectivity index (χ1n) is 11.6. The predicted octanol–water partition coefficient (Wildman–Crippen LogP) is 4.65. The molecular formula is C27H32N2O5S2. The van der Waals surface area contributed by atoms with Gasteiger partial charge in [-0.25, -0.2) is 8.42 Å². The highest BCUT2D eigenvalue weighted by molar-refractivity contribution is 7.98. The molecule has 0 fully saturated rings. The lowest BCUT2D eigenvalue weighted by atomic mass is 10.1. The van der Waals surface area contributed by atoms with Gasteiger partial charge in [0, 0.05) is 18.4 Å². The van der Waals surface area contributed by atoms with Crippen molar-refractivity contribution in [1.29, 1.82) is 0 Å². The van der Waals surface area contributed by atoms with Crippen LogP contribution in [0.25, 0.3) is 0 Å². The number of methoxy groups -OCH3 is 2. The first-order valence-corrected chi connectivity index (χ1v) is 14.1.